The topological polar surface area (TPSA) is 29.5 Å². The van der Waals surface area contributed by atoms with Gasteiger partial charge < -0.3 is 9.84 Å². The summed E-state index contributed by atoms with van der Waals surface area (Å²) in [4.78, 5) is 0. The van der Waals surface area contributed by atoms with Crippen molar-refractivity contribution < 1.29 is 9.84 Å². The molecule has 2 rings (SSSR count). The van der Waals surface area contributed by atoms with Gasteiger partial charge in [0.1, 0.15) is 5.75 Å². The van der Waals surface area contributed by atoms with Crippen LogP contribution in [0.3, 0.4) is 0 Å². The number of unbranched alkanes of at least 4 members (excludes halogenated alkanes) is 2. The highest BCUT2D eigenvalue weighted by Gasteiger charge is 2.32. The lowest BCUT2D eigenvalue weighted by molar-refractivity contribution is -0.0870. The van der Waals surface area contributed by atoms with Gasteiger partial charge in [-0.25, -0.2) is 0 Å². The van der Waals surface area contributed by atoms with Crippen LogP contribution in [0.15, 0.2) is 24.3 Å². The second-order valence-corrected chi connectivity index (χ2v) is 6.16. The molecule has 1 aliphatic rings. The Hall–Kier alpha value is -1.02. The highest BCUT2D eigenvalue weighted by atomic mass is 16.5. The predicted octanol–water partition coefficient (Wildman–Crippen LogP) is 5.19. The minimum Gasteiger partial charge on any atom is -0.508 e. The Kier molecular flexibility index (Phi) is 5.90. The van der Waals surface area contributed by atoms with Crippen LogP contribution < -0.4 is 0 Å². The summed E-state index contributed by atoms with van der Waals surface area (Å²) in [5, 5.41) is 9.33. The van der Waals surface area contributed by atoms with Gasteiger partial charge in [0.15, 0.2) is 0 Å². The summed E-state index contributed by atoms with van der Waals surface area (Å²) in [5.41, 5.74) is 1.27. The van der Waals surface area contributed by atoms with E-state index >= 15 is 0 Å². The third kappa shape index (κ3) is 4.52. The number of rotatable bonds is 7. The summed E-state index contributed by atoms with van der Waals surface area (Å²) in [6.07, 6.45) is 11.5. The van der Waals surface area contributed by atoms with E-state index in [-0.39, 0.29) is 5.60 Å². The van der Waals surface area contributed by atoms with Crippen LogP contribution >= 0.6 is 0 Å². The molecule has 20 heavy (non-hydrogen) atoms. The first-order chi connectivity index (χ1) is 9.74. The number of hydrogen-bond acceptors (Lipinski definition) is 2. The Morgan fingerprint density at radius 1 is 1.05 bits per heavy atom. The van der Waals surface area contributed by atoms with Crippen molar-refractivity contribution in [2.45, 2.75) is 76.9 Å². The van der Waals surface area contributed by atoms with E-state index in [1.54, 1.807) is 12.1 Å². The zero-order valence-corrected chi connectivity index (χ0v) is 12.7. The molecule has 0 unspecified atom stereocenters. The Morgan fingerprint density at radius 3 is 2.40 bits per heavy atom. The maximum absolute atomic E-state index is 9.33. The second kappa shape index (κ2) is 7.68. The molecule has 0 saturated heterocycles. The molecule has 0 aromatic heterocycles. The van der Waals surface area contributed by atoms with Crippen LogP contribution in [0.1, 0.15) is 70.3 Å². The average molecular weight is 276 g/mol. The van der Waals surface area contributed by atoms with Crippen LogP contribution in [0.2, 0.25) is 0 Å². The van der Waals surface area contributed by atoms with E-state index in [0.29, 0.717) is 12.4 Å². The summed E-state index contributed by atoms with van der Waals surface area (Å²) in [7, 11) is 0. The number of aromatic hydroxyl groups is 1. The number of benzene rings is 1. The van der Waals surface area contributed by atoms with Gasteiger partial charge in [0.2, 0.25) is 0 Å². The molecule has 1 aromatic carbocycles. The predicted molar refractivity (Wildman–Crippen MR) is 82.9 cm³/mol. The lowest BCUT2D eigenvalue weighted by Crippen LogP contribution is -2.35. The molecule has 112 valence electrons. The van der Waals surface area contributed by atoms with Crippen molar-refractivity contribution in [2.75, 3.05) is 0 Å². The van der Waals surface area contributed by atoms with Crippen molar-refractivity contribution in [3.8, 4) is 5.75 Å². The first kappa shape index (κ1) is 15.4. The van der Waals surface area contributed by atoms with Gasteiger partial charge in [0.05, 0.1) is 12.2 Å². The fourth-order valence-corrected chi connectivity index (χ4v) is 3.19. The highest BCUT2D eigenvalue weighted by Crippen LogP contribution is 2.36. The Bertz CT molecular complexity index is 377. The van der Waals surface area contributed by atoms with Crippen molar-refractivity contribution in [1.29, 1.82) is 0 Å². The molecule has 1 N–H and O–H groups in total. The lowest BCUT2D eigenvalue weighted by Gasteiger charge is -2.37. The van der Waals surface area contributed by atoms with Gasteiger partial charge in [-0.15, -0.1) is 0 Å². The van der Waals surface area contributed by atoms with Gasteiger partial charge in [-0.3, -0.25) is 0 Å². The fourth-order valence-electron chi connectivity index (χ4n) is 3.19. The molecule has 0 aliphatic heterocycles. The van der Waals surface area contributed by atoms with Crippen molar-refractivity contribution in [2.24, 2.45) is 0 Å². The summed E-state index contributed by atoms with van der Waals surface area (Å²) in [5.74, 6) is 0.323. The summed E-state index contributed by atoms with van der Waals surface area (Å²) >= 11 is 0. The van der Waals surface area contributed by atoms with Crippen LogP contribution in [0.25, 0.3) is 0 Å². The van der Waals surface area contributed by atoms with Gasteiger partial charge in [-0.2, -0.15) is 0 Å². The number of phenols is 1. The van der Waals surface area contributed by atoms with Gasteiger partial charge in [-0.05, 0) is 37.0 Å². The standard InChI is InChI=1S/C18H28O2/c1-2-3-5-12-18(13-6-4-7-14-18)20-15-16-8-10-17(19)11-9-16/h8-11,19H,2-7,12-15H2,1H3. The van der Waals surface area contributed by atoms with Crippen LogP contribution in [-0.4, -0.2) is 10.7 Å². The molecule has 1 aliphatic carbocycles. The minimum atomic E-state index is 0.116. The van der Waals surface area contributed by atoms with E-state index in [1.807, 2.05) is 12.1 Å². The summed E-state index contributed by atoms with van der Waals surface area (Å²) in [6, 6.07) is 7.39. The average Bonchev–Trinajstić information content (AvgIpc) is 2.48. The minimum absolute atomic E-state index is 0.116. The van der Waals surface area contributed by atoms with E-state index in [1.165, 1.54) is 57.8 Å². The maximum atomic E-state index is 9.33. The van der Waals surface area contributed by atoms with E-state index in [4.69, 9.17) is 4.74 Å². The SMILES string of the molecule is CCCCCC1(OCc2ccc(O)cc2)CCCCC1. The fraction of sp³-hybridized carbons (Fsp3) is 0.667. The van der Waals surface area contributed by atoms with E-state index < -0.39 is 0 Å². The Morgan fingerprint density at radius 2 is 1.75 bits per heavy atom. The first-order valence-electron chi connectivity index (χ1n) is 8.16. The van der Waals surface area contributed by atoms with Crippen molar-refractivity contribution in [1.82, 2.24) is 0 Å². The first-order valence-corrected chi connectivity index (χ1v) is 8.16. The molecule has 1 aromatic rings. The summed E-state index contributed by atoms with van der Waals surface area (Å²) in [6.45, 7) is 2.93. The maximum Gasteiger partial charge on any atom is 0.115 e. The molecular formula is C18H28O2. The number of ether oxygens (including phenoxy) is 1. The van der Waals surface area contributed by atoms with Crippen LogP contribution in [0.5, 0.6) is 5.75 Å². The molecule has 0 radical (unpaired) electrons. The van der Waals surface area contributed by atoms with Crippen molar-refractivity contribution in [3.63, 3.8) is 0 Å². The van der Waals surface area contributed by atoms with Gasteiger partial charge in [0, 0.05) is 0 Å². The van der Waals surface area contributed by atoms with Gasteiger partial charge in [0.25, 0.3) is 0 Å². The zero-order valence-electron chi connectivity index (χ0n) is 12.7. The quantitative estimate of drug-likeness (QED) is 0.694. The van der Waals surface area contributed by atoms with Crippen molar-refractivity contribution >= 4 is 0 Å². The smallest absolute Gasteiger partial charge is 0.115 e. The molecule has 0 bridgehead atoms. The van der Waals surface area contributed by atoms with Gasteiger partial charge >= 0.3 is 0 Å². The van der Waals surface area contributed by atoms with Crippen LogP contribution in [0.4, 0.5) is 0 Å². The molecule has 1 saturated carbocycles. The van der Waals surface area contributed by atoms with Crippen LogP contribution in [-0.2, 0) is 11.3 Å². The Balaban J connectivity index is 1.91. The third-order valence-corrected chi connectivity index (χ3v) is 4.48. The summed E-state index contributed by atoms with van der Waals surface area (Å²) < 4.78 is 6.36. The molecule has 0 atom stereocenters. The molecule has 2 nitrogen and oxygen atoms in total. The monoisotopic (exact) mass is 276 g/mol. The van der Waals surface area contributed by atoms with Crippen LogP contribution in [0, 0.1) is 0 Å². The van der Waals surface area contributed by atoms with E-state index in [9.17, 15) is 5.11 Å². The largest absolute Gasteiger partial charge is 0.508 e. The molecule has 2 heteroatoms. The molecule has 0 amide bonds. The molecular weight excluding hydrogens is 248 g/mol. The number of hydrogen-bond donors (Lipinski definition) is 1. The normalized spacial score (nSPS) is 18.1. The Labute approximate surface area is 123 Å². The second-order valence-electron chi connectivity index (χ2n) is 6.16. The zero-order chi connectivity index (χ0) is 14.3. The van der Waals surface area contributed by atoms with Gasteiger partial charge in [-0.1, -0.05) is 57.6 Å². The van der Waals surface area contributed by atoms with E-state index in [2.05, 4.69) is 6.92 Å². The number of phenolic OH excluding ortho intramolecular Hbond substituents is 1. The molecule has 1 fully saturated rings. The highest BCUT2D eigenvalue weighted by molar-refractivity contribution is 5.25. The lowest BCUT2D eigenvalue weighted by atomic mass is 9.81. The molecule has 0 heterocycles. The third-order valence-electron chi connectivity index (χ3n) is 4.48. The molecule has 0 spiro atoms. The van der Waals surface area contributed by atoms with Crippen molar-refractivity contribution in [3.05, 3.63) is 29.8 Å². The van der Waals surface area contributed by atoms with E-state index in [0.717, 1.165) is 5.56 Å².